The van der Waals surface area contributed by atoms with E-state index in [9.17, 15) is 9.90 Å². The highest BCUT2D eigenvalue weighted by Gasteiger charge is 2.13. The summed E-state index contributed by atoms with van der Waals surface area (Å²) in [7, 11) is 0. The zero-order valence-corrected chi connectivity index (χ0v) is 22.9. The van der Waals surface area contributed by atoms with Gasteiger partial charge in [-0.1, -0.05) is 116 Å². The minimum absolute atomic E-state index is 0.172. The van der Waals surface area contributed by atoms with Crippen molar-refractivity contribution in [1.29, 1.82) is 0 Å². The summed E-state index contributed by atoms with van der Waals surface area (Å²) < 4.78 is 10.9. The summed E-state index contributed by atoms with van der Waals surface area (Å²) in [5.74, 6) is -0.216. The fourth-order valence-electron chi connectivity index (χ4n) is 4.08. The van der Waals surface area contributed by atoms with E-state index in [0.717, 1.165) is 19.3 Å². The molecule has 0 radical (unpaired) electrons. The minimum Gasteiger partial charge on any atom is -0.457 e. The lowest BCUT2D eigenvalue weighted by Gasteiger charge is -2.15. The van der Waals surface area contributed by atoms with E-state index in [4.69, 9.17) is 9.47 Å². The van der Waals surface area contributed by atoms with Crippen molar-refractivity contribution in [2.24, 2.45) is 0 Å². The maximum atomic E-state index is 11.9. The molecular formula is C30H58O4. The molecule has 0 saturated carbocycles. The third-order valence-corrected chi connectivity index (χ3v) is 6.34. The Labute approximate surface area is 212 Å². The van der Waals surface area contributed by atoms with Gasteiger partial charge in [0.1, 0.15) is 6.10 Å². The SMILES string of the molecule is CCCCCCCCC/C=C\CCCCCCCCOCC(CO)OC(=O)CCCCCCC. The van der Waals surface area contributed by atoms with Crippen molar-refractivity contribution in [1.82, 2.24) is 0 Å². The molecule has 0 aliphatic rings. The molecule has 1 N–H and O–H groups in total. The van der Waals surface area contributed by atoms with Crippen LogP contribution in [0.4, 0.5) is 0 Å². The Bertz CT molecular complexity index is 436. The molecule has 0 heterocycles. The van der Waals surface area contributed by atoms with E-state index in [1.807, 2.05) is 0 Å². The number of carbonyl (C=O) groups excluding carboxylic acids is 1. The molecule has 0 aliphatic carbocycles. The zero-order chi connectivity index (χ0) is 25.0. The maximum Gasteiger partial charge on any atom is 0.306 e. The zero-order valence-electron chi connectivity index (χ0n) is 22.9. The third-order valence-electron chi connectivity index (χ3n) is 6.34. The van der Waals surface area contributed by atoms with Gasteiger partial charge in [0, 0.05) is 13.0 Å². The summed E-state index contributed by atoms with van der Waals surface area (Å²) in [4.78, 5) is 11.9. The van der Waals surface area contributed by atoms with E-state index < -0.39 is 6.10 Å². The van der Waals surface area contributed by atoms with Crippen molar-refractivity contribution in [3.05, 3.63) is 12.2 Å². The topological polar surface area (TPSA) is 55.8 Å². The molecule has 0 aromatic carbocycles. The van der Waals surface area contributed by atoms with Crippen LogP contribution < -0.4 is 0 Å². The van der Waals surface area contributed by atoms with E-state index in [1.165, 1.54) is 109 Å². The van der Waals surface area contributed by atoms with Crippen LogP contribution in [0.3, 0.4) is 0 Å². The van der Waals surface area contributed by atoms with Gasteiger partial charge < -0.3 is 14.6 Å². The van der Waals surface area contributed by atoms with Crippen molar-refractivity contribution < 1.29 is 19.4 Å². The van der Waals surface area contributed by atoms with Crippen molar-refractivity contribution in [3.63, 3.8) is 0 Å². The van der Waals surface area contributed by atoms with Crippen LogP contribution in [-0.4, -0.2) is 37.0 Å². The molecule has 0 amide bonds. The second-order valence-corrected chi connectivity index (χ2v) is 9.82. The molecular weight excluding hydrogens is 424 g/mol. The lowest BCUT2D eigenvalue weighted by atomic mass is 10.1. The van der Waals surface area contributed by atoms with Gasteiger partial charge in [-0.05, 0) is 38.5 Å². The van der Waals surface area contributed by atoms with Crippen LogP contribution in [0.1, 0.15) is 149 Å². The highest BCUT2D eigenvalue weighted by Crippen LogP contribution is 2.11. The summed E-state index contributed by atoms with van der Waals surface area (Å²) in [5.41, 5.74) is 0. The summed E-state index contributed by atoms with van der Waals surface area (Å²) >= 11 is 0. The molecule has 202 valence electrons. The van der Waals surface area contributed by atoms with Gasteiger partial charge in [-0.15, -0.1) is 0 Å². The minimum atomic E-state index is -0.526. The Morgan fingerprint density at radius 3 is 1.68 bits per heavy atom. The largest absolute Gasteiger partial charge is 0.457 e. The number of carbonyl (C=O) groups is 1. The third kappa shape index (κ3) is 25.7. The van der Waals surface area contributed by atoms with Gasteiger partial charge in [-0.2, -0.15) is 0 Å². The van der Waals surface area contributed by atoms with Gasteiger partial charge >= 0.3 is 5.97 Å². The average Bonchev–Trinajstić information content (AvgIpc) is 2.84. The predicted octanol–water partition coefficient (Wildman–Crippen LogP) is 8.70. The predicted molar refractivity (Wildman–Crippen MR) is 145 cm³/mol. The van der Waals surface area contributed by atoms with Gasteiger partial charge in [0.15, 0.2) is 0 Å². The normalized spacial score (nSPS) is 12.4. The molecule has 0 aromatic heterocycles. The van der Waals surface area contributed by atoms with Crippen LogP contribution in [0, 0.1) is 0 Å². The molecule has 0 spiro atoms. The lowest BCUT2D eigenvalue weighted by molar-refractivity contribution is -0.154. The van der Waals surface area contributed by atoms with Crippen molar-refractivity contribution in [3.8, 4) is 0 Å². The number of rotatable bonds is 27. The van der Waals surface area contributed by atoms with Crippen LogP contribution in [-0.2, 0) is 14.3 Å². The van der Waals surface area contributed by atoms with Gasteiger partial charge in [-0.25, -0.2) is 0 Å². The second kappa shape index (κ2) is 28.4. The van der Waals surface area contributed by atoms with Crippen molar-refractivity contribution in [2.45, 2.75) is 155 Å². The van der Waals surface area contributed by atoms with Crippen molar-refractivity contribution >= 4 is 5.97 Å². The quantitative estimate of drug-likeness (QED) is 0.0722. The monoisotopic (exact) mass is 482 g/mol. The lowest BCUT2D eigenvalue weighted by Crippen LogP contribution is -2.27. The van der Waals surface area contributed by atoms with E-state index in [1.54, 1.807) is 0 Å². The first kappa shape index (κ1) is 33.1. The molecule has 0 bridgehead atoms. The van der Waals surface area contributed by atoms with Gasteiger partial charge in [0.25, 0.3) is 0 Å². The fraction of sp³-hybridized carbons (Fsp3) is 0.900. The molecule has 4 heteroatoms. The van der Waals surface area contributed by atoms with Crippen LogP contribution in [0.5, 0.6) is 0 Å². The molecule has 0 aliphatic heterocycles. The number of unbranched alkanes of at least 4 members (excludes halogenated alkanes) is 17. The maximum absolute atomic E-state index is 11.9. The number of hydrogen-bond acceptors (Lipinski definition) is 4. The van der Waals surface area contributed by atoms with E-state index in [-0.39, 0.29) is 12.6 Å². The summed E-state index contributed by atoms with van der Waals surface area (Å²) in [5, 5.41) is 9.41. The van der Waals surface area contributed by atoms with E-state index >= 15 is 0 Å². The Morgan fingerprint density at radius 2 is 1.15 bits per heavy atom. The highest BCUT2D eigenvalue weighted by atomic mass is 16.6. The number of ether oxygens (including phenoxy) is 2. The summed E-state index contributed by atoms with van der Waals surface area (Å²) in [6, 6.07) is 0. The second-order valence-electron chi connectivity index (χ2n) is 9.82. The smallest absolute Gasteiger partial charge is 0.306 e. The van der Waals surface area contributed by atoms with Crippen molar-refractivity contribution in [2.75, 3.05) is 19.8 Å². The molecule has 0 rings (SSSR count). The molecule has 4 nitrogen and oxygen atoms in total. The number of esters is 1. The van der Waals surface area contributed by atoms with Crippen LogP contribution in [0.25, 0.3) is 0 Å². The summed E-state index contributed by atoms with van der Waals surface area (Å²) in [6.45, 7) is 5.25. The van der Waals surface area contributed by atoms with Crippen LogP contribution >= 0.6 is 0 Å². The summed E-state index contributed by atoms with van der Waals surface area (Å²) in [6.07, 6.45) is 29.8. The first-order chi connectivity index (χ1) is 16.7. The average molecular weight is 483 g/mol. The Hall–Kier alpha value is -0.870. The Morgan fingerprint density at radius 1 is 0.676 bits per heavy atom. The van der Waals surface area contributed by atoms with Gasteiger partial charge in [-0.3, -0.25) is 4.79 Å². The number of hydrogen-bond donors (Lipinski definition) is 1. The molecule has 0 saturated heterocycles. The molecule has 1 atom stereocenters. The highest BCUT2D eigenvalue weighted by molar-refractivity contribution is 5.69. The molecule has 0 aromatic rings. The van der Waals surface area contributed by atoms with E-state index in [0.29, 0.717) is 19.6 Å². The van der Waals surface area contributed by atoms with Crippen LogP contribution in [0.15, 0.2) is 12.2 Å². The number of aliphatic hydroxyl groups excluding tert-OH is 1. The first-order valence-electron chi connectivity index (χ1n) is 14.8. The molecule has 0 fully saturated rings. The Kier molecular flexibility index (Phi) is 27.6. The van der Waals surface area contributed by atoms with Gasteiger partial charge in [0.05, 0.1) is 13.2 Å². The molecule has 34 heavy (non-hydrogen) atoms. The van der Waals surface area contributed by atoms with Crippen LogP contribution in [0.2, 0.25) is 0 Å². The van der Waals surface area contributed by atoms with E-state index in [2.05, 4.69) is 26.0 Å². The van der Waals surface area contributed by atoms with Gasteiger partial charge in [0.2, 0.25) is 0 Å². The number of aliphatic hydroxyl groups is 1. The first-order valence-corrected chi connectivity index (χ1v) is 14.8. The number of allylic oxidation sites excluding steroid dienone is 2. The fourth-order valence-corrected chi connectivity index (χ4v) is 4.08. The Balaban J connectivity index is 3.38. The molecule has 1 unspecified atom stereocenters. The standard InChI is InChI=1S/C30H58O4/c1-3-5-7-9-10-11-12-13-14-15-16-17-18-19-20-22-24-26-33-28-29(27-31)34-30(32)25-23-21-8-6-4-2/h14-15,29,31H,3-13,16-28H2,1-2H3/b15-14-.